The van der Waals surface area contributed by atoms with Crippen LogP contribution in [0.4, 0.5) is 5.13 Å². The average Bonchev–Trinajstić information content (AvgIpc) is 3.34. The van der Waals surface area contributed by atoms with Crippen LogP contribution in [0.25, 0.3) is 10.2 Å². The minimum absolute atomic E-state index is 0.113. The number of ether oxygens (including phenoxy) is 1. The van der Waals surface area contributed by atoms with Gasteiger partial charge in [0, 0.05) is 43.4 Å². The number of anilines is 1. The normalized spacial score (nSPS) is 15.0. The van der Waals surface area contributed by atoms with Crippen LogP contribution < -0.4 is 4.90 Å². The van der Waals surface area contributed by atoms with E-state index in [2.05, 4.69) is 10.00 Å². The molecule has 1 amide bonds. The number of aryl methyl sites for hydroxylation is 2. The molecule has 0 saturated carbocycles. The topological polar surface area (TPSA) is 63.5 Å². The monoisotopic (exact) mass is 447 g/mol. The SMILES string of the molecule is CCn1nc(C(=O)N(CCCN2CCOCC2)c2nc3ccc(Cl)cc3s2)cc1C. The second-order valence-electron chi connectivity index (χ2n) is 7.36. The molecule has 1 saturated heterocycles. The smallest absolute Gasteiger partial charge is 0.280 e. The summed E-state index contributed by atoms with van der Waals surface area (Å²) in [6.45, 7) is 9.65. The van der Waals surface area contributed by atoms with Crippen LogP contribution in [0.5, 0.6) is 0 Å². The van der Waals surface area contributed by atoms with Gasteiger partial charge in [-0.15, -0.1) is 0 Å². The van der Waals surface area contributed by atoms with Crippen molar-refractivity contribution >= 4 is 44.2 Å². The van der Waals surface area contributed by atoms with Crippen LogP contribution >= 0.6 is 22.9 Å². The Hall–Kier alpha value is -2.00. The molecule has 0 aliphatic carbocycles. The van der Waals surface area contributed by atoms with Crippen molar-refractivity contribution in [1.29, 1.82) is 0 Å². The number of carbonyl (C=O) groups excluding carboxylic acids is 1. The highest BCUT2D eigenvalue weighted by atomic mass is 35.5. The van der Waals surface area contributed by atoms with Crippen LogP contribution in [0.1, 0.15) is 29.5 Å². The Morgan fingerprint density at radius 3 is 2.83 bits per heavy atom. The van der Waals surface area contributed by atoms with Gasteiger partial charge in [0.05, 0.1) is 23.4 Å². The number of hydrogen-bond donors (Lipinski definition) is 0. The lowest BCUT2D eigenvalue weighted by molar-refractivity contribution is 0.0376. The van der Waals surface area contributed by atoms with Crippen LogP contribution in [0.3, 0.4) is 0 Å². The van der Waals surface area contributed by atoms with Crippen molar-refractivity contribution in [3.05, 3.63) is 40.7 Å². The third-order valence-corrected chi connectivity index (χ3v) is 6.55. The maximum atomic E-state index is 13.4. The maximum Gasteiger partial charge on any atom is 0.280 e. The molecule has 0 spiro atoms. The molecule has 1 aliphatic heterocycles. The molecule has 2 aromatic heterocycles. The first-order valence-electron chi connectivity index (χ1n) is 10.3. The van der Waals surface area contributed by atoms with Crippen molar-refractivity contribution in [2.24, 2.45) is 0 Å². The molecule has 3 aromatic rings. The molecule has 4 rings (SSSR count). The van der Waals surface area contributed by atoms with Gasteiger partial charge < -0.3 is 4.74 Å². The van der Waals surface area contributed by atoms with Gasteiger partial charge in [-0.1, -0.05) is 22.9 Å². The third-order valence-electron chi connectivity index (χ3n) is 5.27. The van der Waals surface area contributed by atoms with Crippen molar-refractivity contribution in [1.82, 2.24) is 19.7 Å². The summed E-state index contributed by atoms with van der Waals surface area (Å²) in [6.07, 6.45) is 0.857. The first-order chi connectivity index (χ1) is 14.5. The highest BCUT2D eigenvalue weighted by molar-refractivity contribution is 7.22. The van der Waals surface area contributed by atoms with E-state index in [1.54, 1.807) is 4.90 Å². The van der Waals surface area contributed by atoms with E-state index in [0.717, 1.165) is 61.7 Å². The molecule has 0 bridgehead atoms. The first kappa shape index (κ1) is 21.2. The number of rotatable bonds is 7. The molecule has 160 valence electrons. The number of nitrogens with zero attached hydrogens (tertiary/aromatic N) is 5. The van der Waals surface area contributed by atoms with E-state index in [1.165, 1.54) is 11.3 Å². The number of carbonyl (C=O) groups is 1. The Bertz CT molecular complexity index is 1030. The predicted octanol–water partition coefficient (Wildman–Crippen LogP) is 3.84. The van der Waals surface area contributed by atoms with E-state index >= 15 is 0 Å². The fraction of sp³-hybridized carbons (Fsp3) is 0.476. The van der Waals surface area contributed by atoms with Gasteiger partial charge in [0.1, 0.15) is 0 Å². The van der Waals surface area contributed by atoms with E-state index in [0.29, 0.717) is 22.4 Å². The molecular weight excluding hydrogens is 422 g/mol. The first-order valence-corrected chi connectivity index (χ1v) is 11.5. The molecule has 30 heavy (non-hydrogen) atoms. The third kappa shape index (κ3) is 4.67. The number of amides is 1. The molecular formula is C21H26ClN5O2S. The molecule has 9 heteroatoms. The van der Waals surface area contributed by atoms with Crippen molar-refractivity contribution in [3.8, 4) is 0 Å². The largest absolute Gasteiger partial charge is 0.379 e. The molecule has 1 aliphatic rings. The van der Waals surface area contributed by atoms with E-state index in [-0.39, 0.29) is 5.91 Å². The summed E-state index contributed by atoms with van der Waals surface area (Å²) in [6, 6.07) is 7.46. The summed E-state index contributed by atoms with van der Waals surface area (Å²) in [7, 11) is 0. The quantitative estimate of drug-likeness (QED) is 0.550. The van der Waals surface area contributed by atoms with Crippen molar-refractivity contribution in [2.75, 3.05) is 44.3 Å². The molecule has 1 fully saturated rings. The van der Waals surface area contributed by atoms with E-state index < -0.39 is 0 Å². The van der Waals surface area contributed by atoms with Crippen LogP contribution in [-0.2, 0) is 11.3 Å². The minimum atomic E-state index is -0.113. The Morgan fingerprint density at radius 1 is 1.30 bits per heavy atom. The molecule has 0 unspecified atom stereocenters. The summed E-state index contributed by atoms with van der Waals surface area (Å²) >= 11 is 7.63. The summed E-state index contributed by atoms with van der Waals surface area (Å²) < 4.78 is 8.24. The predicted molar refractivity (Wildman–Crippen MR) is 121 cm³/mol. The number of fused-ring (bicyclic) bond motifs is 1. The number of hydrogen-bond acceptors (Lipinski definition) is 6. The fourth-order valence-electron chi connectivity index (χ4n) is 3.64. The molecule has 0 radical (unpaired) electrons. The number of morpholine rings is 1. The van der Waals surface area contributed by atoms with Crippen molar-refractivity contribution in [3.63, 3.8) is 0 Å². The summed E-state index contributed by atoms with van der Waals surface area (Å²) in [4.78, 5) is 22.3. The van der Waals surface area contributed by atoms with Gasteiger partial charge in [-0.3, -0.25) is 19.3 Å². The number of benzene rings is 1. The average molecular weight is 448 g/mol. The van der Waals surface area contributed by atoms with Gasteiger partial charge >= 0.3 is 0 Å². The lowest BCUT2D eigenvalue weighted by atomic mass is 10.3. The van der Waals surface area contributed by atoms with Crippen molar-refractivity contribution in [2.45, 2.75) is 26.8 Å². The van der Waals surface area contributed by atoms with E-state index in [4.69, 9.17) is 21.3 Å². The van der Waals surface area contributed by atoms with Crippen molar-refractivity contribution < 1.29 is 9.53 Å². The van der Waals surface area contributed by atoms with Gasteiger partial charge in [0.25, 0.3) is 5.91 Å². The Balaban J connectivity index is 1.58. The second-order valence-corrected chi connectivity index (χ2v) is 8.81. The molecule has 0 atom stereocenters. The van der Waals surface area contributed by atoms with Gasteiger partial charge in [-0.05, 0) is 44.5 Å². The molecule has 3 heterocycles. The Labute approximate surface area is 185 Å². The number of halogens is 1. The summed E-state index contributed by atoms with van der Waals surface area (Å²) in [5.74, 6) is -0.113. The zero-order valence-electron chi connectivity index (χ0n) is 17.3. The summed E-state index contributed by atoms with van der Waals surface area (Å²) in [5, 5.41) is 5.84. The Kier molecular flexibility index (Phi) is 6.67. The standard InChI is InChI=1S/C21H26ClN5O2S/c1-3-27-15(2)13-18(24-27)20(28)26(8-4-7-25-9-11-29-12-10-25)21-23-17-6-5-16(22)14-19(17)30-21/h5-6,13-14H,3-4,7-12H2,1-2H3. The van der Waals surface area contributed by atoms with Gasteiger partial charge in [0.2, 0.25) is 0 Å². The molecule has 0 N–H and O–H groups in total. The van der Waals surface area contributed by atoms with Gasteiger partial charge in [-0.2, -0.15) is 5.10 Å². The van der Waals surface area contributed by atoms with E-state index in [9.17, 15) is 4.79 Å². The van der Waals surface area contributed by atoms with Gasteiger partial charge in [0.15, 0.2) is 10.8 Å². The lowest BCUT2D eigenvalue weighted by Gasteiger charge is -2.27. The second kappa shape index (κ2) is 9.43. The van der Waals surface area contributed by atoms with Gasteiger partial charge in [-0.25, -0.2) is 4.98 Å². The minimum Gasteiger partial charge on any atom is -0.379 e. The summed E-state index contributed by atoms with van der Waals surface area (Å²) in [5.41, 5.74) is 2.28. The van der Waals surface area contributed by atoms with Crippen LogP contribution in [0.2, 0.25) is 5.02 Å². The maximum absolute atomic E-state index is 13.4. The lowest BCUT2D eigenvalue weighted by Crippen LogP contribution is -2.39. The number of aromatic nitrogens is 3. The van der Waals surface area contributed by atoms with Crippen LogP contribution in [-0.4, -0.2) is 65.0 Å². The van der Waals surface area contributed by atoms with Crippen LogP contribution in [0.15, 0.2) is 24.3 Å². The molecule has 1 aromatic carbocycles. The zero-order valence-corrected chi connectivity index (χ0v) is 18.9. The zero-order chi connectivity index (χ0) is 21.1. The Morgan fingerprint density at radius 2 is 2.10 bits per heavy atom. The highest BCUT2D eigenvalue weighted by Gasteiger charge is 2.24. The van der Waals surface area contributed by atoms with Crippen LogP contribution in [0, 0.1) is 6.92 Å². The van der Waals surface area contributed by atoms with E-state index in [1.807, 2.05) is 42.8 Å². The number of thiazole rings is 1. The fourth-order valence-corrected chi connectivity index (χ4v) is 4.90. The molecule has 7 nitrogen and oxygen atoms in total. The highest BCUT2D eigenvalue weighted by Crippen LogP contribution is 2.31.